The standard InChI is InChI=1S/C13H17BrN2O3/c1-7(2)11(12(17)18)16-13(19)15-9-6-4-5-8(3)10(9)14/h4-7,11H,1-3H3,(H,17,18)(H2,15,16,19). The van der Waals surface area contributed by atoms with Crippen molar-refractivity contribution in [3.8, 4) is 0 Å². The van der Waals surface area contributed by atoms with E-state index in [9.17, 15) is 9.59 Å². The molecule has 0 saturated carbocycles. The maximum Gasteiger partial charge on any atom is 0.326 e. The number of aliphatic carboxylic acids is 1. The number of halogens is 1. The molecule has 6 heteroatoms. The third-order valence-electron chi connectivity index (χ3n) is 2.66. The van der Waals surface area contributed by atoms with Gasteiger partial charge in [0.25, 0.3) is 0 Å². The van der Waals surface area contributed by atoms with Gasteiger partial charge in [-0.25, -0.2) is 9.59 Å². The number of anilines is 1. The molecule has 1 unspecified atom stereocenters. The van der Waals surface area contributed by atoms with Crippen LogP contribution in [0.4, 0.5) is 10.5 Å². The minimum absolute atomic E-state index is 0.191. The average molecular weight is 329 g/mol. The predicted octanol–water partition coefficient (Wildman–Crippen LogP) is 2.99. The molecule has 5 nitrogen and oxygen atoms in total. The zero-order chi connectivity index (χ0) is 14.6. The maximum absolute atomic E-state index is 11.8. The van der Waals surface area contributed by atoms with Crippen LogP contribution in [0.15, 0.2) is 22.7 Å². The highest BCUT2D eigenvalue weighted by atomic mass is 79.9. The molecule has 104 valence electrons. The second-order valence-electron chi connectivity index (χ2n) is 4.59. The molecular weight excluding hydrogens is 312 g/mol. The van der Waals surface area contributed by atoms with E-state index >= 15 is 0 Å². The summed E-state index contributed by atoms with van der Waals surface area (Å²) in [5.41, 5.74) is 1.59. The molecule has 3 N–H and O–H groups in total. The molecule has 2 amide bonds. The number of nitrogens with one attached hydrogen (secondary N) is 2. The Hall–Kier alpha value is -1.56. The van der Waals surface area contributed by atoms with E-state index in [1.807, 2.05) is 19.1 Å². The fourth-order valence-electron chi connectivity index (χ4n) is 1.56. The number of carboxylic acids is 1. The monoisotopic (exact) mass is 328 g/mol. The molecule has 19 heavy (non-hydrogen) atoms. The fourth-order valence-corrected chi connectivity index (χ4v) is 1.92. The highest BCUT2D eigenvalue weighted by molar-refractivity contribution is 9.10. The Balaban J connectivity index is 2.75. The van der Waals surface area contributed by atoms with Crippen molar-refractivity contribution in [3.05, 3.63) is 28.2 Å². The molecule has 0 spiro atoms. The molecule has 0 saturated heterocycles. The van der Waals surface area contributed by atoms with Crippen LogP contribution in [0.25, 0.3) is 0 Å². The molecule has 1 aromatic rings. The van der Waals surface area contributed by atoms with Crippen LogP contribution >= 0.6 is 15.9 Å². The Labute approximate surface area is 120 Å². The summed E-state index contributed by atoms with van der Waals surface area (Å²) in [6.45, 7) is 5.38. The van der Waals surface area contributed by atoms with Gasteiger partial charge in [-0.2, -0.15) is 0 Å². The zero-order valence-electron chi connectivity index (χ0n) is 11.0. The van der Waals surface area contributed by atoms with Gasteiger partial charge in [0.2, 0.25) is 0 Å². The fraction of sp³-hybridized carbons (Fsp3) is 0.385. The number of carboxylic acid groups (broad SMARTS) is 1. The van der Waals surface area contributed by atoms with Crippen LogP contribution in [0.3, 0.4) is 0 Å². The van der Waals surface area contributed by atoms with Crippen LogP contribution in [0.2, 0.25) is 0 Å². The van der Waals surface area contributed by atoms with Gasteiger partial charge in [0.15, 0.2) is 0 Å². The normalized spacial score (nSPS) is 12.1. The van der Waals surface area contributed by atoms with Crippen LogP contribution in [0.1, 0.15) is 19.4 Å². The second-order valence-corrected chi connectivity index (χ2v) is 5.39. The Morgan fingerprint density at radius 2 is 1.95 bits per heavy atom. The molecule has 0 bridgehead atoms. The van der Waals surface area contributed by atoms with E-state index in [2.05, 4.69) is 26.6 Å². The van der Waals surface area contributed by atoms with Crippen LogP contribution in [0.5, 0.6) is 0 Å². The summed E-state index contributed by atoms with van der Waals surface area (Å²) < 4.78 is 0.779. The van der Waals surface area contributed by atoms with Gasteiger partial charge in [-0.05, 0) is 40.4 Å². The molecule has 1 rings (SSSR count). The molecule has 0 aliphatic carbocycles. The zero-order valence-corrected chi connectivity index (χ0v) is 12.6. The number of rotatable bonds is 4. The number of hydrogen-bond acceptors (Lipinski definition) is 2. The quantitative estimate of drug-likeness (QED) is 0.795. The van der Waals surface area contributed by atoms with Crippen LogP contribution in [0, 0.1) is 12.8 Å². The van der Waals surface area contributed by atoms with Gasteiger partial charge in [-0.15, -0.1) is 0 Å². The van der Waals surface area contributed by atoms with E-state index in [4.69, 9.17) is 5.11 Å². The highest BCUT2D eigenvalue weighted by Gasteiger charge is 2.23. The minimum Gasteiger partial charge on any atom is -0.480 e. The number of benzene rings is 1. The Kier molecular flexibility index (Phi) is 5.35. The van der Waals surface area contributed by atoms with Gasteiger partial charge in [0.1, 0.15) is 6.04 Å². The van der Waals surface area contributed by atoms with E-state index in [1.54, 1.807) is 19.9 Å². The first-order valence-corrected chi connectivity index (χ1v) is 6.67. The van der Waals surface area contributed by atoms with Gasteiger partial charge in [-0.1, -0.05) is 26.0 Å². The predicted molar refractivity (Wildman–Crippen MR) is 77.3 cm³/mol. The number of carbonyl (C=O) groups is 2. The molecule has 0 aromatic heterocycles. The van der Waals surface area contributed by atoms with Gasteiger partial charge in [0.05, 0.1) is 5.69 Å². The van der Waals surface area contributed by atoms with Gasteiger partial charge in [0, 0.05) is 4.47 Å². The molecule has 0 heterocycles. The summed E-state index contributed by atoms with van der Waals surface area (Å²) in [5, 5.41) is 14.1. The van der Waals surface area contributed by atoms with Crippen molar-refractivity contribution in [2.45, 2.75) is 26.8 Å². The number of carbonyl (C=O) groups excluding carboxylic acids is 1. The minimum atomic E-state index is -1.05. The molecule has 0 aliphatic rings. The smallest absolute Gasteiger partial charge is 0.326 e. The van der Waals surface area contributed by atoms with Crippen molar-refractivity contribution >= 4 is 33.6 Å². The molecule has 0 aliphatic heterocycles. The number of urea groups is 1. The Bertz CT molecular complexity index is 489. The number of amides is 2. The van der Waals surface area contributed by atoms with Crippen molar-refractivity contribution < 1.29 is 14.7 Å². The maximum atomic E-state index is 11.8. The van der Waals surface area contributed by atoms with Crippen LogP contribution < -0.4 is 10.6 Å². The van der Waals surface area contributed by atoms with E-state index in [0.29, 0.717) is 5.69 Å². The molecule has 1 aromatic carbocycles. The lowest BCUT2D eigenvalue weighted by atomic mass is 10.1. The Morgan fingerprint density at radius 1 is 1.32 bits per heavy atom. The van der Waals surface area contributed by atoms with Gasteiger partial charge < -0.3 is 15.7 Å². The van der Waals surface area contributed by atoms with Crippen molar-refractivity contribution in [2.75, 3.05) is 5.32 Å². The van der Waals surface area contributed by atoms with Crippen LogP contribution in [-0.4, -0.2) is 23.1 Å². The first kappa shape index (κ1) is 15.5. The van der Waals surface area contributed by atoms with Gasteiger partial charge >= 0.3 is 12.0 Å². The van der Waals surface area contributed by atoms with E-state index in [0.717, 1.165) is 10.0 Å². The lowest BCUT2D eigenvalue weighted by Crippen LogP contribution is -2.46. The first-order valence-electron chi connectivity index (χ1n) is 5.88. The van der Waals surface area contributed by atoms with Crippen molar-refractivity contribution in [1.82, 2.24) is 5.32 Å². The van der Waals surface area contributed by atoms with E-state index in [1.165, 1.54) is 0 Å². The van der Waals surface area contributed by atoms with Crippen molar-refractivity contribution in [1.29, 1.82) is 0 Å². The summed E-state index contributed by atoms with van der Waals surface area (Å²) in [7, 11) is 0. The highest BCUT2D eigenvalue weighted by Crippen LogP contribution is 2.25. The van der Waals surface area contributed by atoms with Gasteiger partial charge in [-0.3, -0.25) is 0 Å². The van der Waals surface area contributed by atoms with Crippen molar-refractivity contribution in [3.63, 3.8) is 0 Å². The number of aryl methyl sites for hydroxylation is 1. The number of hydrogen-bond donors (Lipinski definition) is 3. The summed E-state index contributed by atoms with van der Waals surface area (Å²) in [6, 6.07) is 4.01. The summed E-state index contributed by atoms with van der Waals surface area (Å²) in [4.78, 5) is 22.8. The summed E-state index contributed by atoms with van der Waals surface area (Å²) >= 11 is 3.37. The molecular formula is C13H17BrN2O3. The van der Waals surface area contributed by atoms with E-state index < -0.39 is 18.0 Å². The molecule has 0 radical (unpaired) electrons. The largest absolute Gasteiger partial charge is 0.480 e. The SMILES string of the molecule is Cc1cccc(NC(=O)NC(C(=O)O)C(C)C)c1Br. The van der Waals surface area contributed by atoms with E-state index in [-0.39, 0.29) is 5.92 Å². The Morgan fingerprint density at radius 3 is 2.47 bits per heavy atom. The first-order chi connectivity index (χ1) is 8.82. The average Bonchev–Trinajstić information content (AvgIpc) is 2.31. The lowest BCUT2D eigenvalue weighted by molar-refractivity contribution is -0.140. The van der Waals surface area contributed by atoms with Crippen molar-refractivity contribution in [2.24, 2.45) is 5.92 Å². The third-order valence-corrected chi connectivity index (χ3v) is 3.71. The lowest BCUT2D eigenvalue weighted by Gasteiger charge is -2.18. The molecule has 0 fully saturated rings. The summed E-state index contributed by atoms with van der Waals surface area (Å²) in [5.74, 6) is -1.24. The second kappa shape index (κ2) is 6.56. The molecule has 1 atom stereocenters. The third kappa shape index (κ3) is 4.24. The topological polar surface area (TPSA) is 78.4 Å². The summed E-state index contributed by atoms with van der Waals surface area (Å²) in [6.07, 6.45) is 0. The van der Waals surface area contributed by atoms with Crippen LogP contribution in [-0.2, 0) is 4.79 Å².